The van der Waals surface area contributed by atoms with Crippen molar-refractivity contribution < 1.29 is 0 Å². The molecule has 1 rings (SSSR count). The third-order valence-corrected chi connectivity index (χ3v) is 2.52. The topological polar surface area (TPSA) is 0 Å². The van der Waals surface area contributed by atoms with Gasteiger partial charge in [-0.25, -0.2) is 0 Å². The second-order valence-electron chi connectivity index (χ2n) is 1.99. The van der Waals surface area contributed by atoms with Gasteiger partial charge in [-0.05, 0) is 23.9 Å². The fourth-order valence-electron chi connectivity index (χ4n) is 0.739. The lowest BCUT2D eigenvalue weighted by atomic mass is 10.2. The van der Waals surface area contributed by atoms with Crippen LogP contribution in [0.4, 0.5) is 0 Å². The van der Waals surface area contributed by atoms with Crippen LogP contribution in [0.3, 0.4) is 0 Å². The molecule has 2 heteroatoms. The largest absolute Gasteiger partial charge is 0.149 e. The van der Waals surface area contributed by atoms with Crippen LogP contribution in [0.5, 0.6) is 0 Å². The Morgan fingerprint density at radius 1 is 1.70 bits per heavy atom. The molecule has 0 saturated heterocycles. The average molecular weight is 217 g/mol. The standard InChI is InChI=1S/C8H9BrS/c1-7-8(3-2-5-9)4-6-10-7/h2-4,6H,5H2,1H3. The van der Waals surface area contributed by atoms with E-state index in [0.717, 1.165) is 5.33 Å². The fourth-order valence-corrected chi connectivity index (χ4v) is 1.62. The molecule has 0 saturated carbocycles. The van der Waals surface area contributed by atoms with Crippen molar-refractivity contribution in [3.8, 4) is 0 Å². The zero-order valence-corrected chi connectivity index (χ0v) is 8.21. The smallest absolute Gasteiger partial charge is 0.0215 e. The highest BCUT2D eigenvalue weighted by Gasteiger charge is 1.91. The first-order chi connectivity index (χ1) is 4.84. The molecule has 0 unspecified atom stereocenters. The molecule has 1 aromatic heterocycles. The molecule has 1 heterocycles. The second-order valence-corrected chi connectivity index (χ2v) is 3.76. The molecule has 0 bridgehead atoms. The van der Waals surface area contributed by atoms with E-state index in [9.17, 15) is 0 Å². The molecule has 0 aliphatic heterocycles. The van der Waals surface area contributed by atoms with Gasteiger partial charge in [0.2, 0.25) is 0 Å². The number of allylic oxidation sites excluding steroid dienone is 1. The Morgan fingerprint density at radius 3 is 3.00 bits per heavy atom. The molecule has 1 aromatic rings. The molecular formula is C8H9BrS. The number of hydrogen-bond donors (Lipinski definition) is 0. The van der Waals surface area contributed by atoms with Gasteiger partial charge in [0.25, 0.3) is 0 Å². The van der Waals surface area contributed by atoms with Crippen molar-refractivity contribution in [1.29, 1.82) is 0 Å². The van der Waals surface area contributed by atoms with Gasteiger partial charge in [-0.3, -0.25) is 0 Å². The normalized spacial score (nSPS) is 11.0. The Balaban J connectivity index is 2.74. The number of rotatable bonds is 2. The minimum absolute atomic E-state index is 0.933. The van der Waals surface area contributed by atoms with Crippen molar-refractivity contribution >= 4 is 33.3 Å². The van der Waals surface area contributed by atoms with Gasteiger partial charge < -0.3 is 0 Å². The molecule has 0 spiro atoms. The molecule has 0 aliphatic carbocycles. The van der Waals surface area contributed by atoms with Crippen molar-refractivity contribution in [2.24, 2.45) is 0 Å². The summed E-state index contributed by atoms with van der Waals surface area (Å²) in [5.41, 5.74) is 1.34. The summed E-state index contributed by atoms with van der Waals surface area (Å²) in [5.74, 6) is 0. The van der Waals surface area contributed by atoms with Crippen LogP contribution in [-0.2, 0) is 0 Å². The zero-order chi connectivity index (χ0) is 7.40. The van der Waals surface area contributed by atoms with E-state index in [1.165, 1.54) is 10.4 Å². The SMILES string of the molecule is Cc1sccc1C=CCBr. The van der Waals surface area contributed by atoms with E-state index < -0.39 is 0 Å². The number of thiophene rings is 1. The molecule has 0 atom stereocenters. The number of alkyl halides is 1. The molecule has 0 aromatic carbocycles. The summed E-state index contributed by atoms with van der Waals surface area (Å²) in [6, 6.07) is 2.14. The lowest BCUT2D eigenvalue weighted by molar-refractivity contribution is 1.59. The van der Waals surface area contributed by atoms with Crippen molar-refractivity contribution in [2.75, 3.05) is 5.33 Å². The van der Waals surface area contributed by atoms with Crippen molar-refractivity contribution in [3.05, 3.63) is 28.0 Å². The van der Waals surface area contributed by atoms with E-state index in [0.29, 0.717) is 0 Å². The summed E-state index contributed by atoms with van der Waals surface area (Å²) in [6.45, 7) is 2.14. The number of halogens is 1. The second kappa shape index (κ2) is 3.94. The van der Waals surface area contributed by atoms with Crippen LogP contribution in [0.15, 0.2) is 17.5 Å². The van der Waals surface area contributed by atoms with E-state index >= 15 is 0 Å². The van der Waals surface area contributed by atoms with E-state index in [2.05, 4.69) is 46.5 Å². The predicted molar refractivity (Wildman–Crippen MR) is 51.9 cm³/mol. The van der Waals surface area contributed by atoms with Gasteiger partial charge in [-0.2, -0.15) is 0 Å². The first-order valence-electron chi connectivity index (χ1n) is 3.11. The predicted octanol–water partition coefficient (Wildman–Crippen LogP) is 3.46. The van der Waals surface area contributed by atoms with E-state index in [1.54, 1.807) is 11.3 Å². The van der Waals surface area contributed by atoms with Crippen LogP contribution in [0, 0.1) is 6.92 Å². The number of aryl methyl sites for hydroxylation is 1. The highest BCUT2D eigenvalue weighted by atomic mass is 79.9. The molecular weight excluding hydrogens is 208 g/mol. The molecule has 0 N–H and O–H groups in total. The molecule has 10 heavy (non-hydrogen) atoms. The highest BCUT2D eigenvalue weighted by Crippen LogP contribution is 2.16. The molecule has 0 radical (unpaired) electrons. The van der Waals surface area contributed by atoms with Crippen LogP contribution in [0.2, 0.25) is 0 Å². The Morgan fingerprint density at radius 2 is 2.50 bits per heavy atom. The molecule has 0 nitrogen and oxygen atoms in total. The molecule has 0 fully saturated rings. The minimum atomic E-state index is 0.933. The molecule has 54 valence electrons. The van der Waals surface area contributed by atoms with Gasteiger partial charge in [0.15, 0.2) is 0 Å². The van der Waals surface area contributed by atoms with Gasteiger partial charge in [0.05, 0.1) is 0 Å². The van der Waals surface area contributed by atoms with Crippen LogP contribution in [-0.4, -0.2) is 5.33 Å². The third-order valence-electron chi connectivity index (χ3n) is 1.29. The van der Waals surface area contributed by atoms with Gasteiger partial charge in [0.1, 0.15) is 0 Å². The quantitative estimate of drug-likeness (QED) is 0.665. The fraction of sp³-hybridized carbons (Fsp3) is 0.250. The Labute approximate surface area is 73.7 Å². The maximum Gasteiger partial charge on any atom is 0.0215 e. The summed E-state index contributed by atoms with van der Waals surface area (Å²) >= 11 is 5.12. The van der Waals surface area contributed by atoms with Crippen molar-refractivity contribution in [2.45, 2.75) is 6.92 Å². The Kier molecular flexibility index (Phi) is 3.16. The van der Waals surface area contributed by atoms with Gasteiger partial charge >= 0.3 is 0 Å². The monoisotopic (exact) mass is 216 g/mol. The molecule has 0 aliphatic rings. The average Bonchev–Trinajstić information content (AvgIpc) is 2.31. The van der Waals surface area contributed by atoms with Crippen LogP contribution in [0.1, 0.15) is 10.4 Å². The maximum atomic E-state index is 3.34. The summed E-state index contributed by atoms with van der Waals surface area (Å²) in [5, 5.41) is 3.05. The molecule has 0 amide bonds. The van der Waals surface area contributed by atoms with Crippen LogP contribution < -0.4 is 0 Å². The van der Waals surface area contributed by atoms with Crippen molar-refractivity contribution in [3.63, 3.8) is 0 Å². The van der Waals surface area contributed by atoms with Crippen LogP contribution in [0.25, 0.3) is 6.08 Å². The van der Waals surface area contributed by atoms with Gasteiger partial charge in [0, 0.05) is 10.2 Å². The van der Waals surface area contributed by atoms with E-state index in [1.807, 2.05) is 0 Å². The highest BCUT2D eigenvalue weighted by molar-refractivity contribution is 9.09. The lowest BCUT2D eigenvalue weighted by Crippen LogP contribution is -1.67. The zero-order valence-electron chi connectivity index (χ0n) is 5.80. The van der Waals surface area contributed by atoms with Crippen LogP contribution >= 0.6 is 27.3 Å². The Hall–Kier alpha value is -0.0800. The summed E-state index contributed by atoms with van der Waals surface area (Å²) in [6.07, 6.45) is 4.25. The van der Waals surface area contributed by atoms with Gasteiger partial charge in [-0.1, -0.05) is 28.1 Å². The first-order valence-corrected chi connectivity index (χ1v) is 5.11. The Bertz CT molecular complexity index is 225. The summed E-state index contributed by atoms with van der Waals surface area (Å²) in [4.78, 5) is 1.39. The van der Waals surface area contributed by atoms with Crippen molar-refractivity contribution in [1.82, 2.24) is 0 Å². The third kappa shape index (κ3) is 1.96. The lowest BCUT2D eigenvalue weighted by Gasteiger charge is -1.86. The van der Waals surface area contributed by atoms with E-state index in [-0.39, 0.29) is 0 Å². The summed E-state index contributed by atoms with van der Waals surface area (Å²) in [7, 11) is 0. The van der Waals surface area contributed by atoms with Gasteiger partial charge in [-0.15, -0.1) is 11.3 Å². The van der Waals surface area contributed by atoms with E-state index in [4.69, 9.17) is 0 Å². The maximum absolute atomic E-state index is 3.34. The number of hydrogen-bond acceptors (Lipinski definition) is 1. The minimum Gasteiger partial charge on any atom is -0.149 e. The summed E-state index contributed by atoms with van der Waals surface area (Å²) < 4.78 is 0. The first kappa shape index (κ1) is 8.02.